The molecule has 0 unspecified atom stereocenters. The molecule has 9 nitrogen and oxygen atoms in total. The van der Waals surface area contributed by atoms with E-state index < -0.39 is 0 Å². The van der Waals surface area contributed by atoms with Crippen LogP contribution in [0.3, 0.4) is 0 Å². The maximum Gasteiger partial charge on any atom is 0.229 e. The van der Waals surface area contributed by atoms with Crippen LogP contribution in [-0.2, 0) is 0 Å². The van der Waals surface area contributed by atoms with Crippen molar-refractivity contribution in [2.24, 2.45) is 10.2 Å². The molecule has 4 aromatic rings. The number of nitrogens with two attached hydrogens (primary N) is 2. The van der Waals surface area contributed by atoms with Crippen molar-refractivity contribution >= 4 is 39.4 Å². The highest BCUT2D eigenvalue weighted by molar-refractivity contribution is 7.13. The van der Waals surface area contributed by atoms with Gasteiger partial charge in [-0.05, 0) is 0 Å². The van der Waals surface area contributed by atoms with Crippen LogP contribution >= 0.6 is 11.3 Å². The lowest BCUT2D eigenvalue weighted by molar-refractivity contribution is 0.955. The van der Waals surface area contributed by atoms with Crippen LogP contribution in [0.15, 0.2) is 52.1 Å². The minimum Gasteiger partial charge on any atom is -0.382 e. The highest BCUT2D eigenvalue weighted by Crippen LogP contribution is 2.34. The molecule has 0 bridgehead atoms. The highest BCUT2D eigenvalue weighted by atomic mass is 32.1. The van der Waals surface area contributed by atoms with Crippen molar-refractivity contribution < 1.29 is 0 Å². The van der Waals surface area contributed by atoms with Crippen LogP contribution in [0.1, 0.15) is 5.56 Å². The predicted molar refractivity (Wildman–Crippen MR) is 98.3 cm³/mol. The molecule has 0 radical (unpaired) electrons. The van der Waals surface area contributed by atoms with E-state index in [0.717, 1.165) is 5.56 Å². The average molecular weight is 361 g/mol. The fourth-order valence-electron chi connectivity index (χ4n) is 2.44. The van der Waals surface area contributed by atoms with E-state index >= 15 is 0 Å². The van der Waals surface area contributed by atoms with Gasteiger partial charge in [0.1, 0.15) is 17.5 Å². The van der Waals surface area contributed by atoms with E-state index in [4.69, 9.17) is 11.5 Å². The van der Waals surface area contributed by atoms with E-state index in [9.17, 15) is 5.26 Å². The second-order valence-electron chi connectivity index (χ2n) is 5.18. The Balaban J connectivity index is 1.97. The van der Waals surface area contributed by atoms with Crippen molar-refractivity contribution in [1.29, 1.82) is 5.26 Å². The Kier molecular flexibility index (Phi) is 3.75. The second kappa shape index (κ2) is 6.23. The van der Waals surface area contributed by atoms with Crippen LogP contribution in [-0.4, -0.2) is 19.6 Å². The number of nitriles is 1. The van der Waals surface area contributed by atoms with Gasteiger partial charge in [-0.25, -0.2) is 9.97 Å². The lowest BCUT2D eigenvalue weighted by Crippen LogP contribution is -2.06. The quantitative estimate of drug-likeness (QED) is 0.536. The molecule has 3 heterocycles. The first kappa shape index (κ1) is 15.7. The molecule has 126 valence electrons. The zero-order valence-electron chi connectivity index (χ0n) is 13.2. The number of azo groups is 1. The largest absolute Gasteiger partial charge is 0.382 e. The number of thiazole rings is 1. The molecular weight excluding hydrogens is 350 g/mol. The molecule has 0 saturated heterocycles. The highest BCUT2D eigenvalue weighted by Gasteiger charge is 2.20. The minimum absolute atomic E-state index is 0.110. The van der Waals surface area contributed by atoms with E-state index in [1.807, 2.05) is 30.3 Å². The van der Waals surface area contributed by atoms with Crippen LogP contribution in [0, 0.1) is 11.3 Å². The number of anilines is 2. The zero-order valence-corrected chi connectivity index (χ0v) is 14.1. The van der Waals surface area contributed by atoms with E-state index in [0.29, 0.717) is 16.5 Å². The van der Waals surface area contributed by atoms with Gasteiger partial charge in [-0.15, -0.1) is 26.7 Å². The summed E-state index contributed by atoms with van der Waals surface area (Å²) in [6.07, 6.45) is 1.63. The van der Waals surface area contributed by atoms with Crippen molar-refractivity contribution in [2.75, 3.05) is 11.5 Å². The number of fused-ring (bicyclic) bond motifs is 1. The molecule has 4 N–H and O–H groups in total. The van der Waals surface area contributed by atoms with Gasteiger partial charge in [-0.3, -0.25) is 0 Å². The SMILES string of the molecule is N#Cc1c(-c2ccccc2)nc2c(N=Nc3nccs3)c(N)nn2c1N. The number of rotatable bonds is 3. The standard InChI is InChI=1S/C16H11N9S/c17-8-10-11(9-4-2-1-3-5-9)21-15-12(13(18)24-25(15)14(10)19)22-23-16-20-6-7-26-16/h1-7H,19H2,(H2,18,24). The van der Waals surface area contributed by atoms with Crippen molar-refractivity contribution in [3.63, 3.8) is 0 Å². The Labute approximate surface area is 151 Å². The molecule has 0 aliphatic heterocycles. The van der Waals surface area contributed by atoms with E-state index in [1.54, 1.807) is 11.6 Å². The third-order valence-corrected chi connectivity index (χ3v) is 4.27. The van der Waals surface area contributed by atoms with Gasteiger partial charge in [0.05, 0.1) is 5.69 Å². The molecule has 10 heteroatoms. The van der Waals surface area contributed by atoms with Crippen LogP contribution in [0.5, 0.6) is 0 Å². The van der Waals surface area contributed by atoms with Gasteiger partial charge in [-0.2, -0.15) is 9.78 Å². The maximum atomic E-state index is 9.53. The smallest absolute Gasteiger partial charge is 0.229 e. The van der Waals surface area contributed by atoms with E-state index in [-0.39, 0.29) is 22.9 Å². The minimum atomic E-state index is 0.110. The maximum absolute atomic E-state index is 9.53. The van der Waals surface area contributed by atoms with Gasteiger partial charge < -0.3 is 11.5 Å². The lowest BCUT2D eigenvalue weighted by Gasteiger charge is -2.07. The van der Waals surface area contributed by atoms with E-state index in [2.05, 4.69) is 31.4 Å². The monoisotopic (exact) mass is 361 g/mol. The Hall–Kier alpha value is -3.84. The summed E-state index contributed by atoms with van der Waals surface area (Å²) in [5.41, 5.74) is 14.1. The molecule has 0 aliphatic carbocycles. The summed E-state index contributed by atoms with van der Waals surface area (Å²) < 4.78 is 1.30. The van der Waals surface area contributed by atoms with Crippen LogP contribution in [0.4, 0.5) is 22.5 Å². The fourth-order valence-corrected chi connectivity index (χ4v) is 2.90. The zero-order chi connectivity index (χ0) is 18.1. The second-order valence-corrected chi connectivity index (χ2v) is 6.06. The molecule has 4 rings (SSSR count). The van der Waals surface area contributed by atoms with Crippen molar-refractivity contribution in [3.05, 3.63) is 47.5 Å². The number of aromatic nitrogens is 4. The number of hydrogen-bond donors (Lipinski definition) is 2. The summed E-state index contributed by atoms with van der Waals surface area (Å²) in [7, 11) is 0. The van der Waals surface area contributed by atoms with Crippen LogP contribution in [0.25, 0.3) is 16.9 Å². The fraction of sp³-hybridized carbons (Fsp3) is 0. The predicted octanol–water partition coefficient (Wildman–Crippen LogP) is 3.30. The first-order valence-electron chi connectivity index (χ1n) is 7.43. The third-order valence-electron chi connectivity index (χ3n) is 3.62. The topological polar surface area (TPSA) is 144 Å². The molecular formula is C16H11N9S. The number of benzene rings is 1. The normalized spacial score (nSPS) is 11.2. The van der Waals surface area contributed by atoms with Gasteiger partial charge >= 0.3 is 0 Å². The molecule has 0 amide bonds. The van der Waals surface area contributed by atoms with Gasteiger partial charge in [0, 0.05) is 17.1 Å². The average Bonchev–Trinajstić information content (AvgIpc) is 3.28. The molecule has 3 aromatic heterocycles. The first-order chi connectivity index (χ1) is 12.7. The molecule has 26 heavy (non-hydrogen) atoms. The van der Waals surface area contributed by atoms with Gasteiger partial charge in [-0.1, -0.05) is 30.3 Å². The number of nitrogens with zero attached hydrogens (tertiary/aromatic N) is 7. The number of nitrogen functional groups attached to an aromatic ring is 2. The molecule has 0 saturated carbocycles. The van der Waals surface area contributed by atoms with Crippen molar-refractivity contribution in [2.45, 2.75) is 0 Å². The molecule has 0 spiro atoms. The van der Waals surface area contributed by atoms with Crippen molar-refractivity contribution in [1.82, 2.24) is 19.6 Å². The first-order valence-corrected chi connectivity index (χ1v) is 8.31. The molecule has 0 aliphatic rings. The van der Waals surface area contributed by atoms with Gasteiger partial charge in [0.25, 0.3) is 0 Å². The third kappa shape index (κ3) is 2.52. The Morgan fingerprint density at radius 2 is 1.96 bits per heavy atom. The Bertz CT molecular complexity index is 1150. The van der Waals surface area contributed by atoms with Crippen LogP contribution < -0.4 is 11.5 Å². The van der Waals surface area contributed by atoms with Gasteiger partial charge in [0.2, 0.25) is 5.13 Å². The Morgan fingerprint density at radius 1 is 1.15 bits per heavy atom. The summed E-state index contributed by atoms with van der Waals surface area (Å²) in [6, 6.07) is 11.4. The summed E-state index contributed by atoms with van der Waals surface area (Å²) in [4.78, 5) is 8.58. The molecule has 1 aromatic carbocycles. The molecule has 0 atom stereocenters. The van der Waals surface area contributed by atoms with Crippen LogP contribution in [0.2, 0.25) is 0 Å². The molecule has 0 fully saturated rings. The lowest BCUT2D eigenvalue weighted by atomic mass is 10.1. The van der Waals surface area contributed by atoms with Gasteiger partial charge in [0.15, 0.2) is 17.2 Å². The summed E-state index contributed by atoms with van der Waals surface area (Å²) in [6.45, 7) is 0. The van der Waals surface area contributed by atoms with E-state index in [1.165, 1.54) is 15.9 Å². The van der Waals surface area contributed by atoms with Crippen molar-refractivity contribution in [3.8, 4) is 17.3 Å². The summed E-state index contributed by atoms with van der Waals surface area (Å²) in [5, 5.41) is 24.1. The summed E-state index contributed by atoms with van der Waals surface area (Å²) >= 11 is 1.34. The summed E-state index contributed by atoms with van der Waals surface area (Å²) in [5.74, 6) is 0.248. The Morgan fingerprint density at radius 3 is 2.65 bits per heavy atom. The number of hydrogen-bond acceptors (Lipinski definition) is 9.